The molecule has 5 heteroatoms. The van der Waals surface area contributed by atoms with Crippen LogP contribution in [0.5, 0.6) is 0 Å². The third-order valence-corrected chi connectivity index (χ3v) is 3.88. The number of nitrogens with one attached hydrogen (secondary N) is 1. The third-order valence-electron chi connectivity index (χ3n) is 3.19. The predicted octanol–water partition coefficient (Wildman–Crippen LogP) is 3.28. The Kier molecular flexibility index (Phi) is 4.01. The molecule has 0 spiro atoms. The van der Waals surface area contributed by atoms with E-state index >= 15 is 0 Å². The van der Waals surface area contributed by atoms with E-state index in [1.165, 1.54) is 6.07 Å². The van der Waals surface area contributed by atoms with Crippen LogP contribution in [0.2, 0.25) is 0 Å². The normalized spacial score (nSPS) is 15.6. The zero-order valence-corrected chi connectivity index (χ0v) is 11.4. The number of halogens is 1. The van der Waals surface area contributed by atoms with Gasteiger partial charge in [0.2, 0.25) is 5.91 Å². The number of carboxylic acids is 1. The van der Waals surface area contributed by atoms with Crippen LogP contribution in [-0.2, 0) is 4.79 Å². The zero-order chi connectivity index (χ0) is 13.1. The largest absolute Gasteiger partial charge is 0.478 e. The van der Waals surface area contributed by atoms with E-state index < -0.39 is 5.97 Å². The Morgan fingerprint density at radius 3 is 2.56 bits per heavy atom. The second kappa shape index (κ2) is 5.52. The molecule has 1 aromatic rings. The molecule has 1 saturated carbocycles. The first kappa shape index (κ1) is 13.1. The Balaban J connectivity index is 2.11. The van der Waals surface area contributed by atoms with Gasteiger partial charge in [-0.05, 0) is 47.0 Å². The van der Waals surface area contributed by atoms with E-state index in [1.807, 2.05) is 0 Å². The number of hydrogen-bond acceptors (Lipinski definition) is 2. The summed E-state index contributed by atoms with van der Waals surface area (Å²) in [6.45, 7) is 0. The van der Waals surface area contributed by atoms with Gasteiger partial charge in [0.05, 0.1) is 5.56 Å². The molecule has 1 aliphatic rings. The summed E-state index contributed by atoms with van der Waals surface area (Å²) in [5.74, 6) is -0.952. The lowest BCUT2D eigenvalue weighted by Crippen LogP contribution is -2.20. The minimum absolute atomic E-state index is 0.00818. The molecule has 0 atom stereocenters. The first-order chi connectivity index (χ1) is 8.58. The van der Waals surface area contributed by atoms with Crippen LogP contribution in [0.4, 0.5) is 5.69 Å². The van der Waals surface area contributed by atoms with Crippen molar-refractivity contribution in [2.24, 2.45) is 5.92 Å². The van der Waals surface area contributed by atoms with Crippen molar-refractivity contribution in [3.05, 3.63) is 28.2 Å². The van der Waals surface area contributed by atoms with Gasteiger partial charge in [-0.3, -0.25) is 4.79 Å². The van der Waals surface area contributed by atoms with Crippen molar-refractivity contribution >= 4 is 33.5 Å². The lowest BCUT2D eigenvalue weighted by Gasteiger charge is -2.11. The highest BCUT2D eigenvalue weighted by atomic mass is 79.9. The van der Waals surface area contributed by atoms with Crippen molar-refractivity contribution < 1.29 is 14.7 Å². The smallest absolute Gasteiger partial charge is 0.336 e. The number of carbonyl (C=O) groups excluding carboxylic acids is 1. The molecule has 0 aromatic heterocycles. The van der Waals surface area contributed by atoms with Gasteiger partial charge in [0.15, 0.2) is 0 Å². The second-order valence-corrected chi connectivity index (χ2v) is 5.32. The average molecular weight is 312 g/mol. The zero-order valence-electron chi connectivity index (χ0n) is 9.78. The molecule has 2 rings (SSSR count). The highest BCUT2D eigenvalue weighted by Gasteiger charge is 2.22. The number of hydrogen-bond donors (Lipinski definition) is 2. The van der Waals surface area contributed by atoms with Crippen LogP contribution in [0, 0.1) is 5.92 Å². The van der Waals surface area contributed by atoms with Gasteiger partial charge < -0.3 is 10.4 Å². The number of amides is 1. The monoisotopic (exact) mass is 311 g/mol. The molecule has 1 aromatic carbocycles. The van der Waals surface area contributed by atoms with Gasteiger partial charge in [0.25, 0.3) is 0 Å². The third kappa shape index (κ3) is 2.90. The number of benzene rings is 1. The van der Waals surface area contributed by atoms with E-state index in [1.54, 1.807) is 12.1 Å². The Labute approximate surface area is 114 Å². The van der Waals surface area contributed by atoms with Gasteiger partial charge in [-0.15, -0.1) is 0 Å². The minimum atomic E-state index is -1.01. The van der Waals surface area contributed by atoms with E-state index in [0.29, 0.717) is 10.2 Å². The van der Waals surface area contributed by atoms with E-state index in [9.17, 15) is 9.59 Å². The van der Waals surface area contributed by atoms with Crippen LogP contribution in [0.1, 0.15) is 36.0 Å². The molecule has 2 N–H and O–H groups in total. The van der Waals surface area contributed by atoms with Crippen molar-refractivity contribution in [2.75, 3.05) is 5.32 Å². The molecular formula is C13H14BrNO3. The molecule has 0 aliphatic heterocycles. The van der Waals surface area contributed by atoms with Crippen LogP contribution in [0.15, 0.2) is 22.7 Å². The average Bonchev–Trinajstić information content (AvgIpc) is 2.85. The highest BCUT2D eigenvalue weighted by molar-refractivity contribution is 9.10. The van der Waals surface area contributed by atoms with E-state index in [0.717, 1.165) is 25.7 Å². The van der Waals surface area contributed by atoms with Crippen molar-refractivity contribution in [3.8, 4) is 0 Å². The van der Waals surface area contributed by atoms with Crippen LogP contribution in [0.3, 0.4) is 0 Å². The molecule has 18 heavy (non-hydrogen) atoms. The van der Waals surface area contributed by atoms with Crippen molar-refractivity contribution in [1.82, 2.24) is 0 Å². The van der Waals surface area contributed by atoms with Crippen molar-refractivity contribution in [3.63, 3.8) is 0 Å². The summed E-state index contributed by atoms with van der Waals surface area (Å²) in [7, 11) is 0. The predicted molar refractivity (Wildman–Crippen MR) is 71.7 cm³/mol. The van der Waals surface area contributed by atoms with Crippen molar-refractivity contribution in [2.45, 2.75) is 25.7 Å². The summed E-state index contributed by atoms with van der Waals surface area (Å²) < 4.78 is 0.508. The lowest BCUT2D eigenvalue weighted by atomic mass is 10.1. The first-order valence-corrected chi connectivity index (χ1v) is 6.71. The van der Waals surface area contributed by atoms with E-state index in [-0.39, 0.29) is 17.4 Å². The molecule has 96 valence electrons. The molecule has 0 bridgehead atoms. The number of anilines is 1. The summed E-state index contributed by atoms with van der Waals surface area (Å²) in [6, 6.07) is 4.80. The SMILES string of the molecule is O=C(O)c1cc(NC(=O)C2CCCC2)ccc1Br. The topological polar surface area (TPSA) is 66.4 Å². The van der Waals surface area contributed by atoms with Gasteiger partial charge in [-0.25, -0.2) is 4.79 Å². The maximum absolute atomic E-state index is 11.9. The first-order valence-electron chi connectivity index (χ1n) is 5.91. The van der Waals surface area contributed by atoms with Crippen LogP contribution < -0.4 is 5.32 Å². The summed E-state index contributed by atoms with van der Waals surface area (Å²) in [4.78, 5) is 22.9. The number of aromatic carboxylic acids is 1. The molecule has 0 heterocycles. The molecule has 4 nitrogen and oxygen atoms in total. The summed E-state index contributed by atoms with van der Waals surface area (Å²) in [5.41, 5.74) is 0.687. The van der Waals surface area contributed by atoms with Gasteiger partial charge in [-0.2, -0.15) is 0 Å². The molecule has 0 radical (unpaired) electrons. The van der Waals surface area contributed by atoms with Gasteiger partial charge >= 0.3 is 5.97 Å². The minimum Gasteiger partial charge on any atom is -0.478 e. The lowest BCUT2D eigenvalue weighted by molar-refractivity contribution is -0.119. The quantitative estimate of drug-likeness (QED) is 0.900. The number of rotatable bonds is 3. The molecular weight excluding hydrogens is 298 g/mol. The molecule has 1 amide bonds. The summed E-state index contributed by atoms with van der Waals surface area (Å²) in [5, 5.41) is 11.8. The molecule has 1 aliphatic carbocycles. The Morgan fingerprint density at radius 2 is 1.94 bits per heavy atom. The van der Waals surface area contributed by atoms with Crippen LogP contribution >= 0.6 is 15.9 Å². The second-order valence-electron chi connectivity index (χ2n) is 4.47. The Morgan fingerprint density at radius 1 is 1.28 bits per heavy atom. The number of carboxylic acid groups (broad SMARTS) is 1. The maximum Gasteiger partial charge on any atom is 0.336 e. The fourth-order valence-electron chi connectivity index (χ4n) is 2.20. The molecule has 0 saturated heterocycles. The van der Waals surface area contributed by atoms with Crippen LogP contribution in [0.25, 0.3) is 0 Å². The van der Waals surface area contributed by atoms with Gasteiger partial charge in [-0.1, -0.05) is 12.8 Å². The number of carbonyl (C=O) groups is 2. The van der Waals surface area contributed by atoms with E-state index in [4.69, 9.17) is 5.11 Å². The standard InChI is InChI=1S/C13H14BrNO3/c14-11-6-5-9(7-10(11)13(17)18)15-12(16)8-3-1-2-4-8/h5-8H,1-4H2,(H,15,16)(H,17,18). The van der Waals surface area contributed by atoms with Gasteiger partial charge in [0, 0.05) is 16.1 Å². The molecule has 1 fully saturated rings. The fraction of sp³-hybridized carbons (Fsp3) is 0.385. The summed E-state index contributed by atoms with van der Waals surface area (Å²) >= 11 is 3.17. The summed E-state index contributed by atoms with van der Waals surface area (Å²) in [6.07, 6.45) is 4.04. The van der Waals surface area contributed by atoms with Crippen molar-refractivity contribution in [1.29, 1.82) is 0 Å². The highest BCUT2D eigenvalue weighted by Crippen LogP contribution is 2.27. The van der Waals surface area contributed by atoms with E-state index in [2.05, 4.69) is 21.2 Å². The Hall–Kier alpha value is -1.36. The van der Waals surface area contributed by atoms with Gasteiger partial charge in [0.1, 0.15) is 0 Å². The maximum atomic E-state index is 11.9. The fourth-order valence-corrected chi connectivity index (χ4v) is 2.62. The van der Waals surface area contributed by atoms with Crippen LogP contribution in [-0.4, -0.2) is 17.0 Å². The Bertz CT molecular complexity index is 481. The molecule has 0 unspecified atom stereocenters.